The number of benzene rings is 2. The zero-order valence-corrected chi connectivity index (χ0v) is 25.4. The van der Waals surface area contributed by atoms with Crippen molar-refractivity contribution in [2.45, 2.75) is 59.3 Å². The Morgan fingerprint density at radius 3 is 2.02 bits per heavy atom. The van der Waals surface area contributed by atoms with Crippen molar-refractivity contribution in [1.82, 2.24) is 5.32 Å². The number of carbonyl (C=O) groups is 3. The van der Waals surface area contributed by atoms with Gasteiger partial charge in [-0.3, -0.25) is 14.4 Å². The summed E-state index contributed by atoms with van der Waals surface area (Å²) < 4.78 is 11.4. The van der Waals surface area contributed by atoms with Gasteiger partial charge in [0.05, 0.1) is 12.1 Å². The SMILES string of the molecule is COc1cc(C2C3=C(CC(C)(C)CC3=O)NC3=C2C(=O)CC(C)(C)C3)cc(Cl)c1OCC(=O)Nc1ccc(Cl)cc1. The van der Waals surface area contributed by atoms with E-state index in [1.807, 2.05) is 0 Å². The topological polar surface area (TPSA) is 93.7 Å². The van der Waals surface area contributed by atoms with Gasteiger partial charge in [0.15, 0.2) is 29.7 Å². The first kappa shape index (κ1) is 29.2. The number of hydrogen-bond donors (Lipinski definition) is 2. The third-order valence-corrected chi connectivity index (χ3v) is 8.31. The lowest BCUT2D eigenvalue weighted by molar-refractivity contribution is -0.119. The first-order valence-corrected chi connectivity index (χ1v) is 14.4. The highest BCUT2D eigenvalue weighted by Crippen LogP contribution is 2.52. The Hall–Kier alpha value is -3.29. The molecule has 5 rings (SSSR count). The van der Waals surface area contributed by atoms with Crippen LogP contribution < -0.4 is 20.1 Å². The van der Waals surface area contributed by atoms with Crippen LogP contribution in [0.3, 0.4) is 0 Å². The maximum atomic E-state index is 13.6. The number of anilines is 1. The molecule has 0 unspecified atom stereocenters. The van der Waals surface area contributed by atoms with E-state index in [1.54, 1.807) is 36.4 Å². The van der Waals surface area contributed by atoms with Gasteiger partial charge in [-0.15, -0.1) is 0 Å². The third-order valence-electron chi connectivity index (χ3n) is 7.78. The summed E-state index contributed by atoms with van der Waals surface area (Å²) in [7, 11) is 1.48. The van der Waals surface area contributed by atoms with Crippen molar-refractivity contribution in [1.29, 1.82) is 0 Å². The molecule has 2 aliphatic carbocycles. The van der Waals surface area contributed by atoms with Gasteiger partial charge in [-0.2, -0.15) is 0 Å². The predicted octanol–water partition coefficient (Wildman–Crippen LogP) is 6.99. The van der Waals surface area contributed by atoms with E-state index in [4.69, 9.17) is 32.7 Å². The third kappa shape index (κ3) is 6.02. The molecule has 2 aromatic carbocycles. The fourth-order valence-corrected chi connectivity index (χ4v) is 6.54. The summed E-state index contributed by atoms with van der Waals surface area (Å²) >= 11 is 12.7. The Kier molecular flexibility index (Phi) is 7.72. The van der Waals surface area contributed by atoms with E-state index in [2.05, 4.69) is 38.3 Å². The van der Waals surface area contributed by atoms with Crippen molar-refractivity contribution < 1.29 is 23.9 Å². The molecular formula is C32H34Cl2N2O5. The highest BCUT2D eigenvalue weighted by atomic mass is 35.5. The van der Waals surface area contributed by atoms with Gasteiger partial charge < -0.3 is 20.1 Å². The second-order valence-electron chi connectivity index (χ2n) is 12.6. The van der Waals surface area contributed by atoms with Crippen molar-refractivity contribution in [2.24, 2.45) is 10.8 Å². The highest BCUT2D eigenvalue weighted by Gasteiger charge is 2.46. The van der Waals surface area contributed by atoms with Gasteiger partial charge >= 0.3 is 0 Å². The molecule has 0 fully saturated rings. The van der Waals surface area contributed by atoms with Gasteiger partial charge in [0.2, 0.25) is 0 Å². The molecule has 9 heteroatoms. The summed E-state index contributed by atoms with van der Waals surface area (Å²) in [4.78, 5) is 39.8. The maximum Gasteiger partial charge on any atom is 0.262 e. The molecule has 0 radical (unpaired) electrons. The second kappa shape index (κ2) is 10.8. The van der Waals surface area contributed by atoms with Crippen LogP contribution >= 0.6 is 23.2 Å². The number of ketones is 2. The molecule has 7 nitrogen and oxygen atoms in total. The van der Waals surface area contributed by atoms with Gasteiger partial charge in [-0.05, 0) is 65.6 Å². The fourth-order valence-electron chi connectivity index (χ4n) is 6.14. The number of nitrogens with one attached hydrogen (secondary N) is 2. The number of allylic oxidation sites excluding steroid dienone is 4. The van der Waals surface area contributed by atoms with Gasteiger partial charge in [-0.25, -0.2) is 0 Å². The quantitative estimate of drug-likeness (QED) is 0.373. The van der Waals surface area contributed by atoms with E-state index in [-0.39, 0.29) is 45.7 Å². The molecule has 0 atom stereocenters. The Morgan fingerprint density at radius 1 is 0.927 bits per heavy atom. The smallest absolute Gasteiger partial charge is 0.262 e. The lowest BCUT2D eigenvalue weighted by Gasteiger charge is -2.44. The van der Waals surface area contributed by atoms with Crippen LogP contribution in [0, 0.1) is 10.8 Å². The van der Waals surface area contributed by atoms with E-state index in [0.29, 0.717) is 58.9 Å². The fraction of sp³-hybridized carbons (Fsp3) is 0.406. The first-order chi connectivity index (χ1) is 19.3. The van der Waals surface area contributed by atoms with Gasteiger partial charge in [0, 0.05) is 52.0 Å². The molecule has 0 bridgehead atoms. The zero-order chi connectivity index (χ0) is 29.7. The average Bonchev–Trinajstić information content (AvgIpc) is 2.86. The number of methoxy groups -OCH3 is 1. The van der Waals surface area contributed by atoms with E-state index in [0.717, 1.165) is 11.4 Å². The molecule has 2 aromatic rings. The minimum Gasteiger partial charge on any atom is -0.493 e. The Morgan fingerprint density at radius 2 is 1.49 bits per heavy atom. The van der Waals surface area contributed by atoms with Crippen LogP contribution in [-0.4, -0.2) is 31.2 Å². The van der Waals surface area contributed by atoms with Crippen molar-refractivity contribution in [3.05, 3.63) is 74.5 Å². The van der Waals surface area contributed by atoms with Crippen LogP contribution in [0.2, 0.25) is 10.0 Å². The van der Waals surface area contributed by atoms with Crippen molar-refractivity contribution >= 4 is 46.4 Å². The number of amides is 1. The van der Waals surface area contributed by atoms with Crippen LogP contribution in [0.4, 0.5) is 5.69 Å². The maximum absolute atomic E-state index is 13.6. The Labute approximate surface area is 250 Å². The predicted molar refractivity (Wildman–Crippen MR) is 160 cm³/mol. The number of dihydropyridines is 1. The van der Waals surface area contributed by atoms with Crippen molar-refractivity contribution in [3.8, 4) is 11.5 Å². The normalized spacial score (nSPS) is 19.8. The standard InChI is InChI=1S/C32H34Cl2N2O5/c1-31(2)12-21-28(23(37)14-31)27(29-22(36-21)13-32(3,4)15-24(29)38)17-10-20(34)30(25(11-17)40-5)41-16-26(39)35-19-8-6-18(33)7-9-19/h6-11,27,36H,12-16H2,1-5H3,(H,35,39). The molecule has 0 saturated carbocycles. The molecule has 0 aromatic heterocycles. The lowest BCUT2D eigenvalue weighted by atomic mass is 9.64. The number of rotatable bonds is 6. The summed E-state index contributed by atoms with van der Waals surface area (Å²) in [5, 5.41) is 7.04. The minimum atomic E-state index is -0.567. The van der Waals surface area contributed by atoms with Crippen LogP contribution in [0.25, 0.3) is 0 Å². The van der Waals surface area contributed by atoms with Gasteiger partial charge in [-0.1, -0.05) is 50.9 Å². The molecule has 0 spiro atoms. The number of carbonyl (C=O) groups excluding carboxylic acids is 3. The Balaban J connectivity index is 1.50. The average molecular weight is 598 g/mol. The van der Waals surface area contributed by atoms with E-state index >= 15 is 0 Å². The molecule has 1 aliphatic heterocycles. The van der Waals surface area contributed by atoms with Crippen LogP contribution in [-0.2, 0) is 14.4 Å². The zero-order valence-electron chi connectivity index (χ0n) is 23.9. The molecule has 3 aliphatic rings. The molecular weight excluding hydrogens is 563 g/mol. The molecule has 0 saturated heterocycles. The summed E-state index contributed by atoms with van der Waals surface area (Å²) in [6, 6.07) is 10.2. The van der Waals surface area contributed by atoms with Crippen LogP contribution in [0.5, 0.6) is 11.5 Å². The van der Waals surface area contributed by atoms with E-state index in [1.165, 1.54) is 7.11 Å². The van der Waals surface area contributed by atoms with Crippen LogP contribution in [0.15, 0.2) is 58.9 Å². The van der Waals surface area contributed by atoms with Crippen LogP contribution in [0.1, 0.15) is 64.9 Å². The van der Waals surface area contributed by atoms with Crippen molar-refractivity contribution in [2.75, 3.05) is 19.0 Å². The van der Waals surface area contributed by atoms with E-state index < -0.39 is 5.92 Å². The largest absolute Gasteiger partial charge is 0.493 e. The number of Topliss-reactive ketones (excluding diaryl/α,β-unsaturated/α-hetero) is 2. The van der Waals surface area contributed by atoms with E-state index in [9.17, 15) is 14.4 Å². The Bertz CT molecular complexity index is 1450. The molecule has 1 heterocycles. The monoisotopic (exact) mass is 596 g/mol. The summed E-state index contributed by atoms with van der Waals surface area (Å²) in [5.41, 5.74) is 3.84. The molecule has 1 amide bonds. The summed E-state index contributed by atoms with van der Waals surface area (Å²) in [6.07, 6.45) is 2.18. The number of halogens is 2. The number of ether oxygens (including phenoxy) is 2. The summed E-state index contributed by atoms with van der Waals surface area (Å²) in [6.45, 7) is 8.03. The highest BCUT2D eigenvalue weighted by molar-refractivity contribution is 6.32. The molecule has 41 heavy (non-hydrogen) atoms. The molecule has 2 N–H and O–H groups in total. The first-order valence-electron chi connectivity index (χ1n) is 13.6. The van der Waals surface area contributed by atoms with Gasteiger partial charge in [0.25, 0.3) is 5.91 Å². The van der Waals surface area contributed by atoms with Crippen molar-refractivity contribution in [3.63, 3.8) is 0 Å². The summed E-state index contributed by atoms with van der Waals surface area (Å²) in [5.74, 6) is -0.402. The van der Waals surface area contributed by atoms with Gasteiger partial charge in [0.1, 0.15) is 0 Å². The number of hydrogen-bond acceptors (Lipinski definition) is 6. The second-order valence-corrected chi connectivity index (χ2v) is 13.4. The molecule has 216 valence electrons. The minimum absolute atomic E-state index is 0.0206. The lowest BCUT2D eigenvalue weighted by Crippen LogP contribution is -2.42.